The van der Waals surface area contributed by atoms with Gasteiger partial charge in [-0.3, -0.25) is 4.99 Å². The second kappa shape index (κ2) is 5.32. The smallest absolute Gasteiger partial charge is 0.162 e. The molecule has 126 valence electrons. The quantitative estimate of drug-likeness (QED) is 0.474. The zero-order chi connectivity index (χ0) is 16.2. The Bertz CT molecular complexity index is 590. The van der Waals surface area contributed by atoms with Gasteiger partial charge >= 0.3 is 0 Å². The molecule has 0 radical (unpaired) electrons. The van der Waals surface area contributed by atoms with Gasteiger partial charge < -0.3 is 30.7 Å². The van der Waals surface area contributed by atoms with Crippen LogP contribution in [0, 0.1) is 5.92 Å². The van der Waals surface area contributed by atoms with Crippen LogP contribution in [0.5, 0.6) is 0 Å². The molecule has 1 unspecified atom stereocenters. The number of ether oxygens (including phenoxy) is 1. The average Bonchev–Trinajstić information content (AvgIpc) is 3.14. The Morgan fingerprint density at radius 1 is 1.35 bits per heavy atom. The average molecular weight is 323 g/mol. The van der Waals surface area contributed by atoms with E-state index >= 15 is 0 Å². The molecule has 0 aromatic heterocycles. The van der Waals surface area contributed by atoms with Gasteiger partial charge in [-0.2, -0.15) is 0 Å². The van der Waals surface area contributed by atoms with Gasteiger partial charge in [-0.15, -0.1) is 0 Å². The number of nitrogens with zero attached hydrogens (tertiary/aromatic N) is 4. The third kappa shape index (κ3) is 2.39. The molecule has 9 heteroatoms. The van der Waals surface area contributed by atoms with E-state index in [-0.39, 0.29) is 13.3 Å². The first-order chi connectivity index (χ1) is 11.0. The fraction of sp³-hybridized carbons (Fsp3) is 0.786. The van der Waals surface area contributed by atoms with Gasteiger partial charge in [0.1, 0.15) is 37.0 Å². The Balaban J connectivity index is 1.56. The summed E-state index contributed by atoms with van der Waals surface area (Å²) in [5.41, 5.74) is 6.15. The van der Waals surface area contributed by atoms with Crippen molar-refractivity contribution in [3.8, 4) is 0 Å². The van der Waals surface area contributed by atoms with Crippen LogP contribution in [0.4, 0.5) is 0 Å². The van der Waals surface area contributed by atoms with Crippen molar-refractivity contribution in [3.05, 3.63) is 0 Å². The van der Waals surface area contributed by atoms with Gasteiger partial charge in [0.05, 0.1) is 6.61 Å². The molecule has 0 spiro atoms. The van der Waals surface area contributed by atoms with Crippen LogP contribution >= 0.6 is 0 Å². The van der Waals surface area contributed by atoms with Crippen molar-refractivity contribution in [1.29, 1.82) is 0 Å². The predicted molar refractivity (Wildman–Crippen MR) is 82.1 cm³/mol. The first kappa shape index (κ1) is 15.2. The van der Waals surface area contributed by atoms with Gasteiger partial charge in [-0.25, -0.2) is 9.98 Å². The molecule has 5 atom stereocenters. The van der Waals surface area contributed by atoms with Crippen LogP contribution in [0.15, 0.2) is 15.0 Å². The Hall–Kier alpha value is -1.39. The molecular weight excluding hydrogens is 302 g/mol. The topological polar surface area (TPSA) is 136 Å². The molecule has 1 aliphatic carbocycles. The molecular formula is C14H21N5O4. The van der Waals surface area contributed by atoms with Crippen LogP contribution in [-0.4, -0.2) is 81.6 Å². The highest BCUT2D eigenvalue weighted by molar-refractivity contribution is 6.47. The second-order valence-corrected chi connectivity index (χ2v) is 6.62. The number of fused-ring (bicyclic) bond motifs is 1. The Morgan fingerprint density at radius 3 is 2.78 bits per heavy atom. The molecule has 9 nitrogen and oxygen atoms in total. The lowest BCUT2D eigenvalue weighted by atomic mass is 9.96. The van der Waals surface area contributed by atoms with Gasteiger partial charge in [-0.05, 0) is 12.3 Å². The van der Waals surface area contributed by atoms with Crippen LogP contribution < -0.4 is 5.73 Å². The zero-order valence-corrected chi connectivity index (χ0v) is 12.6. The van der Waals surface area contributed by atoms with Crippen molar-refractivity contribution in [1.82, 2.24) is 4.90 Å². The van der Waals surface area contributed by atoms with E-state index in [4.69, 9.17) is 10.5 Å². The standard InChI is InChI=1S/C14H21N5O4/c15-14(3-7-1-2-7)11-12(16-5-18-14)19(6-17-11)13-10(22)9(21)8(4-20)23-13/h5,7-10,13,20-22H,1-4,6,15H2/t8-,9-,10-,13-,14?/m1/s1. The number of hydrogen-bond acceptors (Lipinski definition) is 9. The molecule has 23 heavy (non-hydrogen) atoms. The third-order valence-electron chi connectivity index (χ3n) is 4.86. The first-order valence-corrected chi connectivity index (χ1v) is 7.88. The van der Waals surface area contributed by atoms with E-state index < -0.39 is 30.2 Å². The van der Waals surface area contributed by atoms with E-state index in [0.717, 1.165) is 19.3 Å². The van der Waals surface area contributed by atoms with E-state index in [9.17, 15) is 15.3 Å². The fourth-order valence-electron chi connectivity index (χ4n) is 3.38. The van der Waals surface area contributed by atoms with Crippen LogP contribution in [0.3, 0.4) is 0 Å². The fourth-order valence-corrected chi connectivity index (χ4v) is 3.38. The number of hydrogen-bond donors (Lipinski definition) is 4. The highest BCUT2D eigenvalue weighted by Crippen LogP contribution is 2.39. The van der Waals surface area contributed by atoms with Crippen LogP contribution in [0.25, 0.3) is 0 Å². The summed E-state index contributed by atoms with van der Waals surface area (Å²) >= 11 is 0. The number of aliphatic hydroxyl groups excluding tert-OH is 3. The van der Waals surface area contributed by atoms with Crippen molar-refractivity contribution in [3.63, 3.8) is 0 Å². The van der Waals surface area contributed by atoms with Gasteiger partial charge in [0.25, 0.3) is 0 Å². The number of aliphatic hydroxyl groups is 3. The summed E-state index contributed by atoms with van der Waals surface area (Å²) in [6.07, 6.45) is 0.519. The van der Waals surface area contributed by atoms with Crippen molar-refractivity contribution in [2.75, 3.05) is 13.3 Å². The van der Waals surface area contributed by atoms with Crippen molar-refractivity contribution in [2.45, 2.75) is 49.5 Å². The van der Waals surface area contributed by atoms with Gasteiger partial charge in [0.15, 0.2) is 17.7 Å². The predicted octanol–water partition coefficient (Wildman–Crippen LogP) is -1.96. The molecule has 3 heterocycles. The van der Waals surface area contributed by atoms with Gasteiger partial charge in [0, 0.05) is 0 Å². The minimum absolute atomic E-state index is 0.230. The summed E-state index contributed by atoms with van der Waals surface area (Å²) in [6, 6.07) is 0. The molecule has 0 aromatic carbocycles. The molecule has 1 saturated heterocycles. The number of rotatable bonds is 4. The second-order valence-electron chi connectivity index (χ2n) is 6.62. The van der Waals surface area contributed by atoms with E-state index in [0.29, 0.717) is 17.5 Å². The lowest BCUT2D eigenvalue weighted by Gasteiger charge is -2.32. The molecule has 0 aromatic rings. The van der Waals surface area contributed by atoms with E-state index in [1.54, 1.807) is 4.90 Å². The summed E-state index contributed by atoms with van der Waals surface area (Å²) < 4.78 is 5.57. The highest BCUT2D eigenvalue weighted by Gasteiger charge is 2.51. The van der Waals surface area contributed by atoms with Crippen molar-refractivity contribution in [2.24, 2.45) is 26.6 Å². The first-order valence-electron chi connectivity index (χ1n) is 7.88. The third-order valence-corrected chi connectivity index (χ3v) is 4.86. The maximum atomic E-state index is 10.2. The largest absolute Gasteiger partial charge is 0.394 e. The van der Waals surface area contributed by atoms with E-state index in [1.165, 1.54) is 6.34 Å². The molecule has 2 fully saturated rings. The van der Waals surface area contributed by atoms with Crippen molar-refractivity contribution >= 4 is 17.9 Å². The van der Waals surface area contributed by atoms with Gasteiger partial charge in [-0.1, -0.05) is 12.8 Å². The minimum atomic E-state index is -1.15. The van der Waals surface area contributed by atoms with Crippen molar-refractivity contribution < 1.29 is 20.1 Å². The monoisotopic (exact) mass is 323 g/mol. The SMILES string of the molecule is NC1(CC2CC2)N=CN=C2C1=NCN2[C@@H]1O[C@H](CO)[C@@H](O)[C@H]1O. The highest BCUT2D eigenvalue weighted by atomic mass is 16.6. The van der Waals surface area contributed by atoms with Crippen LogP contribution in [0.1, 0.15) is 19.3 Å². The number of nitrogens with two attached hydrogens (primary N) is 1. The lowest BCUT2D eigenvalue weighted by molar-refractivity contribution is -0.0688. The summed E-state index contributed by atoms with van der Waals surface area (Å²) in [5, 5.41) is 29.3. The molecule has 0 bridgehead atoms. The van der Waals surface area contributed by atoms with Gasteiger partial charge in [0.2, 0.25) is 0 Å². The Morgan fingerprint density at radius 2 is 2.13 bits per heavy atom. The Kier molecular flexibility index (Phi) is 3.50. The van der Waals surface area contributed by atoms with E-state index in [2.05, 4.69) is 15.0 Å². The molecule has 5 N–H and O–H groups in total. The summed E-state index contributed by atoms with van der Waals surface area (Å²) in [6.45, 7) is -0.138. The summed E-state index contributed by atoms with van der Waals surface area (Å²) in [5.74, 6) is 1.10. The number of amidine groups is 1. The molecule has 1 saturated carbocycles. The lowest BCUT2D eigenvalue weighted by Crippen LogP contribution is -2.55. The zero-order valence-electron chi connectivity index (χ0n) is 12.6. The maximum absolute atomic E-state index is 10.2. The van der Waals surface area contributed by atoms with Crippen LogP contribution in [0.2, 0.25) is 0 Å². The molecule has 4 rings (SSSR count). The maximum Gasteiger partial charge on any atom is 0.162 e. The van der Waals surface area contributed by atoms with Crippen LogP contribution in [-0.2, 0) is 4.74 Å². The number of aliphatic imine (C=N–C) groups is 3. The molecule has 0 amide bonds. The summed E-state index contributed by atoms with van der Waals surface area (Å²) in [7, 11) is 0. The minimum Gasteiger partial charge on any atom is -0.394 e. The molecule has 3 aliphatic heterocycles. The Labute approximate surface area is 133 Å². The molecule has 4 aliphatic rings. The van der Waals surface area contributed by atoms with E-state index in [1.807, 2.05) is 0 Å². The summed E-state index contributed by atoms with van der Waals surface area (Å²) in [4.78, 5) is 14.7. The normalized spacial score (nSPS) is 42.7.